The molecule has 0 saturated heterocycles. The third kappa shape index (κ3) is 6.23. The summed E-state index contributed by atoms with van der Waals surface area (Å²) in [5.74, 6) is 0. The maximum absolute atomic E-state index is 5.46. The van der Waals surface area contributed by atoms with Crippen LogP contribution in [0.4, 0.5) is 0 Å². The number of hydrogen-bond acceptors (Lipinski definition) is 3. The minimum absolute atomic E-state index is 0.918. The lowest BCUT2D eigenvalue weighted by Crippen LogP contribution is -1.99. The number of benzene rings is 10. The predicted molar refractivity (Wildman–Crippen MR) is 300 cm³/mol. The van der Waals surface area contributed by atoms with Crippen LogP contribution in [0.15, 0.2) is 243 Å². The van der Waals surface area contributed by atoms with Crippen LogP contribution in [0.25, 0.3) is 142 Å². The van der Waals surface area contributed by atoms with Crippen LogP contribution in [0.1, 0.15) is 0 Å². The van der Waals surface area contributed by atoms with Gasteiger partial charge in [0.1, 0.15) is 0 Å². The van der Waals surface area contributed by atoms with Crippen LogP contribution < -0.4 is 0 Å². The molecule has 0 fully saturated rings. The van der Waals surface area contributed by atoms with Crippen molar-refractivity contribution in [3.63, 3.8) is 0 Å². The standard InChI is InChI=1S/C66H40N4S/c1-3-15-41(16-4-1)45-21-13-22-47(35-45)69-60-34-31-42-17-7-9-23-49(42)64(60)55-33-30-46(36-61(55)69)57-39-56-52-32-29-43-18-8-10-24-50(43)65(52)70(62(56)40-67-57)48-37-58(44-19-5-2-6-20-44)68-59(38-48)54-27-14-26-53-51-25-11-12-28-63(51)71-66(53)54/h1-40H. The first-order valence-corrected chi connectivity index (χ1v) is 24.9. The zero-order valence-corrected chi connectivity index (χ0v) is 39.1. The highest BCUT2D eigenvalue weighted by Crippen LogP contribution is 2.44. The molecule has 0 saturated carbocycles. The predicted octanol–water partition coefficient (Wildman–Crippen LogP) is 18.0. The van der Waals surface area contributed by atoms with E-state index in [2.05, 4.69) is 252 Å². The number of aromatic nitrogens is 4. The summed E-state index contributed by atoms with van der Waals surface area (Å²) in [5, 5.41) is 12.2. The van der Waals surface area contributed by atoms with Gasteiger partial charge in [0.2, 0.25) is 0 Å². The number of nitrogens with zero attached hydrogens (tertiary/aromatic N) is 4. The van der Waals surface area contributed by atoms with Crippen LogP contribution in [-0.2, 0) is 0 Å². The summed E-state index contributed by atoms with van der Waals surface area (Å²) in [4.78, 5) is 10.9. The van der Waals surface area contributed by atoms with E-state index >= 15 is 0 Å². The molecule has 0 aliphatic carbocycles. The van der Waals surface area contributed by atoms with Gasteiger partial charge in [-0.15, -0.1) is 11.3 Å². The van der Waals surface area contributed by atoms with Crippen molar-refractivity contribution in [1.29, 1.82) is 0 Å². The molecule has 71 heavy (non-hydrogen) atoms. The molecule has 15 aromatic rings. The molecule has 5 heteroatoms. The Kier molecular flexibility index (Phi) is 8.79. The third-order valence-electron chi connectivity index (χ3n) is 14.5. The first kappa shape index (κ1) is 39.8. The molecule has 0 amide bonds. The zero-order valence-electron chi connectivity index (χ0n) is 38.3. The van der Waals surface area contributed by atoms with Crippen molar-refractivity contribution < 1.29 is 0 Å². The fourth-order valence-electron chi connectivity index (χ4n) is 11.3. The lowest BCUT2D eigenvalue weighted by Gasteiger charge is -2.14. The molecule has 15 rings (SSSR count). The normalized spacial score (nSPS) is 11.9. The summed E-state index contributed by atoms with van der Waals surface area (Å²) in [6, 6.07) is 85.8. The quantitative estimate of drug-likeness (QED) is 0.167. The van der Waals surface area contributed by atoms with Crippen LogP contribution >= 0.6 is 11.3 Å². The van der Waals surface area contributed by atoms with Crippen LogP contribution in [0, 0.1) is 0 Å². The van der Waals surface area contributed by atoms with Gasteiger partial charge in [-0.25, -0.2) is 4.98 Å². The van der Waals surface area contributed by atoms with Gasteiger partial charge in [0.15, 0.2) is 0 Å². The van der Waals surface area contributed by atoms with Gasteiger partial charge in [0.05, 0.1) is 51.0 Å². The molecule has 0 atom stereocenters. The molecule has 5 aromatic heterocycles. The summed E-state index contributed by atoms with van der Waals surface area (Å²) in [7, 11) is 0. The lowest BCUT2D eigenvalue weighted by atomic mass is 10.0. The maximum Gasteiger partial charge on any atom is 0.0744 e. The van der Waals surface area contributed by atoms with E-state index in [-0.39, 0.29) is 0 Å². The Morgan fingerprint density at radius 3 is 1.87 bits per heavy atom. The summed E-state index contributed by atoms with van der Waals surface area (Å²) >= 11 is 1.84. The number of fused-ring (bicyclic) bond motifs is 13. The topological polar surface area (TPSA) is 35.6 Å². The molecule has 0 aliphatic heterocycles. The molecule has 330 valence electrons. The maximum atomic E-state index is 5.46. The summed E-state index contributed by atoms with van der Waals surface area (Å²) < 4.78 is 7.38. The summed E-state index contributed by atoms with van der Waals surface area (Å²) in [5.41, 5.74) is 15.1. The minimum atomic E-state index is 0.918. The van der Waals surface area contributed by atoms with Crippen LogP contribution in [0.5, 0.6) is 0 Å². The highest BCUT2D eigenvalue weighted by molar-refractivity contribution is 7.26. The monoisotopic (exact) mass is 920 g/mol. The van der Waals surface area contributed by atoms with Crippen LogP contribution in [-0.4, -0.2) is 19.1 Å². The van der Waals surface area contributed by atoms with Gasteiger partial charge in [-0.3, -0.25) is 4.98 Å². The van der Waals surface area contributed by atoms with Crippen LogP contribution in [0.3, 0.4) is 0 Å². The van der Waals surface area contributed by atoms with E-state index in [4.69, 9.17) is 9.97 Å². The van der Waals surface area contributed by atoms with E-state index in [0.29, 0.717) is 0 Å². The van der Waals surface area contributed by atoms with Gasteiger partial charge in [-0.05, 0) is 75.8 Å². The summed E-state index contributed by atoms with van der Waals surface area (Å²) in [6.07, 6.45) is 2.09. The van der Waals surface area contributed by atoms with Crippen molar-refractivity contribution in [3.05, 3.63) is 243 Å². The van der Waals surface area contributed by atoms with Crippen molar-refractivity contribution >= 4 is 96.7 Å². The Morgan fingerprint density at radius 2 is 1.01 bits per heavy atom. The fraction of sp³-hybridized carbons (Fsp3) is 0. The van der Waals surface area contributed by atoms with Crippen molar-refractivity contribution in [2.75, 3.05) is 0 Å². The number of thiophene rings is 1. The highest BCUT2D eigenvalue weighted by Gasteiger charge is 2.22. The third-order valence-corrected chi connectivity index (χ3v) is 15.7. The molecule has 4 nitrogen and oxygen atoms in total. The Hall–Kier alpha value is -9.16. The molecular formula is C66H40N4S. The Morgan fingerprint density at radius 1 is 0.338 bits per heavy atom. The largest absolute Gasteiger partial charge is 0.309 e. The van der Waals surface area contributed by atoms with Gasteiger partial charge >= 0.3 is 0 Å². The Bertz CT molecular complexity index is 4640. The number of pyridine rings is 2. The SMILES string of the molecule is c1ccc(-c2cccc(-n3c4cc(-c5cc6c7ccc8ccccc8c7n(-c7cc(-c8ccccc8)nc(-c8cccc9c8sc8ccccc89)c7)c6cn5)ccc4c4c5ccccc5ccc43)c2)cc1. The zero-order chi connectivity index (χ0) is 46.6. The van der Waals surface area contributed by atoms with E-state index in [0.717, 1.165) is 67.1 Å². The van der Waals surface area contributed by atoms with Gasteiger partial charge in [-0.2, -0.15) is 0 Å². The smallest absolute Gasteiger partial charge is 0.0744 e. The van der Waals surface area contributed by atoms with Crippen molar-refractivity contribution in [2.45, 2.75) is 0 Å². The lowest BCUT2D eigenvalue weighted by molar-refractivity contribution is 1.15. The van der Waals surface area contributed by atoms with Crippen LogP contribution in [0.2, 0.25) is 0 Å². The van der Waals surface area contributed by atoms with E-state index < -0.39 is 0 Å². The molecular weight excluding hydrogens is 881 g/mol. The summed E-state index contributed by atoms with van der Waals surface area (Å²) in [6.45, 7) is 0. The molecule has 0 aliphatic rings. The molecule has 5 heterocycles. The van der Waals surface area contributed by atoms with Crippen molar-refractivity contribution in [3.8, 4) is 56.3 Å². The van der Waals surface area contributed by atoms with Gasteiger partial charge in [0.25, 0.3) is 0 Å². The minimum Gasteiger partial charge on any atom is -0.309 e. The number of rotatable bonds is 6. The van der Waals surface area contributed by atoms with E-state index in [1.54, 1.807) is 0 Å². The molecule has 0 N–H and O–H groups in total. The van der Waals surface area contributed by atoms with Crippen molar-refractivity contribution in [2.24, 2.45) is 0 Å². The van der Waals surface area contributed by atoms with E-state index in [9.17, 15) is 0 Å². The highest BCUT2D eigenvalue weighted by atomic mass is 32.1. The Balaban J connectivity index is 0.969. The average molecular weight is 921 g/mol. The molecule has 10 aromatic carbocycles. The van der Waals surface area contributed by atoms with E-state index in [1.807, 2.05) is 11.3 Å². The molecule has 0 spiro atoms. The average Bonchev–Trinajstić information content (AvgIpc) is 4.11. The molecule has 0 unspecified atom stereocenters. The second-order valence-electron chi connectivity index (χ2n) is 18.5. The van der Waals surface area contributed by atoms with E-state index in [1.165, 1.54) is 74.5 Å². The van der Waals surface area contributed by atoms with Gasteiger partial charge in [-0.1, -0.05) is 188 Å². The second kappa shape index (κ2) is 15.7. The number of hydrogen-bond donors (Lipinski definition) is 0. The molecule has 0 bridgehead atoms. The second-order valence-corrected chi connectivity index (χ2v) is 19.6. The fourth-order valence-corrected chi connectivity index (χ4v) is 12.5. The van der Waals surface area contributed by atoms with Crippen molar-refractivity contribution in [1.82, 2.24) is 19.1 Å². The van der Waals surface area contributed by atoms with Gasteiger partial charge < -0.3 is 9.13 Å². The first-order chi connectivity index (χ1) is 35.2. The Labute approximate surface area is 412 Å². The van der Waals surface area contributed by atoms with Gasteiger partial charge in [0, 0.05) is 69.5 Å². The first-order valence-electron chi connectivity index (χ1n) is 24.1. The molecule has 0 radical (unpaired) electrons.